The number of nitrogens with zero attached hydrogens (tertiary/aromatic N) is 1. The molecular formula is C14H19N3O. The Morgan fingerprint density at radius 2 is 2.22 bits per heavy atom. The van der Waals surface area contributed by atoms with E-state index in [1.165, 1.54) is 18.5 Å². The van der Waals surface area contributed by atoms with Crippen molar-refractivity contribution >= 4 is 17.3 Å². The Bertz CT molecular complexity index is 482. The Morgan fingerprint density at radius 3 is 2.89 bits per heavy atom. The Labute approximate surface area is 107 Å². The molecule has 0 spiro atoms. The van der Waals surface area contributed by atoms with Gasteiger partial charge in [-0.05, 0) is 31.5 Å². The van der Waals surface area contributed by atoms with Gasteiger partial charge in [0.15, 0.2) is 0 Å². The largest absolute Gasteiger partial charge is 0.372 e. The van der Waals surface area contributed by atoms with E-state index in [0.29, 0.717) is 6.04 Å². The second kappa shape index (κ2) is 4.28. The summed E-state index contributed by atoms with van der Waals surface area (Å²) in [6.07, 6.45) is 2.56. The molecule has 0 saturated heterocycles. The van der Waals surface area contributed by atoms with Gasteiger partial charge in [0.2, 0.25) is 5.91 Å². The molecular weight excluding hydrogens is 226 g/mol. The third-order valence-corrected chi connectivity index (χ3v) is 3.78. The average Bonchev–Trinajstić information content (AvgIpc) is 3.15. The molecule has 4 heteroatoms. The minimum atomic E-state index is -0.190. The van der Waals surface area contributed by atoms with Crippen molar-refractivity contribution in [3.63, 3.8) is 0 Å². The molecule has 2 N–H and O–H groups in total. The van der Waals surface area contributed by atoms with E-state index in [-0.39, 0.29) is 11.9 Å². The number of carbonyl (C=O) groups excluding carboxylic acids is 1. The fourth-order valence-electron chi connectivity index (χ4n) is 2.55. The first-order chi connectivity index (χ1) is 8.70. The van der Waals surface area contributed by atoms with Gasteiger partial charge in [0.25, 0.3) is 0 Å². The highest BCUT2D eigenvalue weighted by atomic mass is 16.2. The maximum absolute atomic E-state index is 11.9. The highest BCUT2D eigenvalue weighted by Crippen LogP contribution is 2.36. The Morgan fingerprint density at radius 1 is 1.44 bits per heavy atom. The van der Waals surface area contributed by atoms with Gasteiger partial charge in [0, 0.05) is 30.0 Å². The lowest BCUT2D eigenvalue weighted by atomic mass is 10.1. The van der Waals surface area contributed by atoms with Gasteiger partial charge in [-0.2, -0.15) is 0 Å². The molecule has 1 saturated carbocycles. The smallest absolute Gasteiger partial charge is 0.246 e. The van der Waals surface area contributed by atoms with Gasteiger partial charge in [-0.1, -0.05) is 13.0 Å². The van der Waals surface area contributed by atoms with E-state index >= 15 is 0 Å². The summed E-state index contributed by atoms with van der Waals surface area (Å²) in [4.78, 5) is 14.2. The minimum absolute atomic E-state index is 0.0538. The summed E-state index contributed by atoms with van der Waals surface area (Å²) < 4.78 is 0. The Kier molecular flexibility index (Phi) is 2.74. The molecule has 96 valence electrons. The van der Waals surface area contributed by atoms with Crippen LogP contribution in [0.25, 0.3) is 0 Å². The third-order valence-electron chi connectivity index (χ3n) is 3.78. The van der Waals surface area contributed by atoms with Crippen LogP contribution in [0.3, 0.4) is 0 Å². The van der Waals surface area contributed by atoms with E-state index in [9.17, 15) is 4.79 Å². The fourth-order valence-corrected chi connectivity index (χ4v) is 2.55. The van der Waals surface area contributed by atoms with Crippen LogP contribution in [0.2, 0.25) is 0 Å². The summed E-state index contributed by atoms with van der Waals surface area (Å²) in [5.41, 5.74) is 3.21. The molecule has 1 fully saturated rings. The molecule has 1 aromatic carbocycles. The summed E-state index contributed by atoms with van der Waals surface area (Å²) in [5.74, 6) is 0.0538. The van der Waals surface area contributed by atoms with E-state index in [1.54, 1.807) is 0 Å². The van der Waals surface area contributed by atoms with Crippen molar-refractivity contribution in [1.29, 1.82) is 0 Å². The topological polar surface area (TPSA) is 44.4 Å². The zero-order valence-electron chi connectivity index (χ0n) is 10.9. The number of hydrogen-bond acceptors (Lipinski definition) is 3. The van der Waals surface area contributed by atoms with Gasteiger partial charge in [-0.3, -0.25) is 4.79 Å². The number of nitrogens with one attached hydrogen (secondary N) is 2. The number of rotatable bonds is 4. The van der Waals surface area contributed by atoms with E-state index in [0.717, 1.165) is 17.8 Å². The summed E-state index contributed by atoms with van der Waals surface area (Å²) in [6, 6.07) is 6.76. The van der Waals surface area contributed by atoms with Gasteiger partial charge in [0.05, 0.1) is 0 Å². The SMILES string of the molecule is CCNC1C(=O)Nc2cc(N(C)C3CC3)ccc21. The number of fused-ring (bicyclic) bond motifs is 1. The predicted molar refractivity (Wildman–Crippen MR) is 72.9 cm³/mol. The number of benzene rings is 1. The highest BCUT2D eigenvalue weighted by Gasteiger charge is 2.31. The lowest BCUT2D eigenvalue weighted by Gasteiger charge is -2.19. The molecule has 1 atom stereocenters. The lowest BCUT2D eigenvalue weighted by molar-refractivity contribution is -0.117. The summed E-state index contributed by atoms with van der Waals surface area (Å²) in [6.45, 7) is 2.81. The lowest BCUT2D eigenvalue weighted by Crippen LogP contribution is -2.27. The standard InChI is InChI=1S/C14H19N3O/c1-3-15-13-11-7-6-10(17(2)9-4-5-9)8-12(11)16-14(13)18/h6-9,13,15H,3-5H2,1-2H3,(H,16,18). The summed E-state index contributed by atoms with van der Waals surface area (Å²) in [5, 5.41) is 6.17. The summed E-state index contributed by atoms with van der Waals surface area (Å²) in [7, 11) is 2.12. The van der Waals surface area contributed by atoms with E-state index < -0.39 is 0 Å². The number of carbonyl (C=O) groups is 1. The van der Waals surface area contributed by atoms with Crippen LogP contribution < -0.4 is 15.5 Å². The Balaban J connectivity index is 1.88. The molecule has 0 radical (unpaired) electrons. The van der Waals surface area contributed by atoms with Gasteiger partial charge >= 0.3 is 0 Å². The van der Waals surface area contributed by atoms with Crippen LogP contribution >= 0.6 is 0 Å². The second-order valence-electron chi connectivity index (χ2n) is 5.09. The monoisotopic (exact) mass is 245 g/mol. The number of amides is 1. The quantitative estimate of drug-likeness (QED) is 0.851. The van der Waals surface area contributed by atoms with Crippen LogP contribution in [0.15, 0.2) is 18.2 Å². The molecule has 0 bridgehead atoms. The van der Waals surface area contributed by atoms with Crippen LogP contribution in [-0.2, 0) is 4.79 Å². The molecule has 3 rings (SSSR count). The molecule has 1 unspecified atom stereocenters. The van der Waals surface area contributed by atoms with Crippen molar-refractivity contribution in [2.45, 2.75) is 31.8 Å². The molecule has 1 amide bonds. The zero-order valence-corrected chi connectivity index (χ0v) is 10.9. The molecule has 4 nitrogen and oxygen atoms in total. The van der Waals surface area contributed by atoms with Gasteiger partial charge in [-0.15, -0.1) is 0 Å². The Hall–Kier alpha value is -1.55. The van der Waals surface area contributed by atoms with Crippen molar-refractivity contribution in [1.82, 2.24) is 5.32 Å². The number of hydrogen-bond donors (Lipinski definition) is 2. The molecule has 1 aliphatic heterocycles. The van der Waals surface area contributed by atoms with Crippen molar-refractivity contribution in [2.75, 3.05) is 23.8 Å². The number of anilines is 2. The molecule has 1 aliphatic carbocycles. The van der Waals surface area contributed by atoms with Gasteiger partial charge in [0.1, 0.15) is 6.04 Å². The molecule has 1 heterocycles. The third kappa shape index (κ3) is 1.86. The van der Waals surface area contributed by atoms with Crippen molar-refractivity contribution < 1.29 is 4.79 Å². The fraction of sp³-hybridized carbons (Fsp3) is 0.500. The highest BCUT2D eigenvalue weighted by molar-refractivity contribution is 6.03. The van der Waals surface area contributed by atoms with Crippen LogP contribution in [0.1, 0.15) is 31.4 Å². The van der Waals surface area contributed by atoms with E-state index in [1.807, 2.05) is 6.92 Å². The first-order valence-electron chi connectivity index (χ1n) is 6.61. The maximum atomic E-state index is 11.9. The first-order valence-corrected chi connectivity index (χ1v) is 6.61. The zero-order chi connectivity index (χ0) is 12.7. The predicted octanol–water partition coefficient (Wildman–Crippen LogP) is 1.89. The van der Waals surface area contributed by atoms with Crippen molar-refractivity contribution in [3.8, 4) is 0 Å². The van der Waals surface area contributed by atoms with Crippen LogP contribution in [-0.4, -0.2) is 25.5 Å². The van der Waals surface area contributed by atoms with E-state index in [4.69, 9.17) is 0 Å². The van der Waals surface area contributed by atoms with Crippen LogP contribution in [0.4, 0.5) is 11.4 Å². The molecule has 18 heavy (non-hydrogen) atoms. The van der Waals surface area contributed by atoms with Crippen LogP contribution in [0, 0.1) is 0 Å². The normalized spacial score (nSPS) is 21.7. The van der Waals surface area contributed by atoms with Gasteiger partial charge in [-0.25, -0.2) is 0 Å². The van der Waals surface area contributed by atoms with Gasteiger partial charge < -0.3 is 15.5 Å². The molecule has 1 aromatic rings. The number of likely N-dealkylation sites (N-methyl/N-ethyl adjacent to an activating group) is 1. The minimum Gasteiger partial charge on any atom is -0.372 e. The van der Waals surface area contributed by atoms with E-state index in [2.05, 4.69) is 40.8 Å². The summed E-state index contributed by atoms with van der Waals surface area (Å²) >= 11 is 0. The van der Waals surface area contributed by atoms with Crippen molar-refractivity contribution in [2.24, 2.45) is 0 Å². The second-order valence-corrected chi connectivity index (χ2v) is 5.09. The van der Waals surface area contributed by atoms with Crippen molar-refractivity contribution in [3.05, 3.63) is 23.8 Å². The average molecular weight is 245 g/mol. The maximum Gasteiger partial charge on any atom is 0.246 e. The molecule has 0 aromatic heterocycles. The molecule has 2 aliphatic rings. The first kappa shape index (κ1) is 11.5. The van der Waals surface area contributed by atoms with Crippen LogP contribution in [0.5, 0.6) is 0 Å².